The Morgan fingerprint density at radius 2 is 1.90 bits per heavy atom. The molecule has 0 amide bonds. The fraction of sp³-hybridized carbons (Fsp3) is 0.667. The van der Waals surface area contributed by atoms with Gasteiger partial charge in [-0.1, -0.05) is 54.8 Å². The minimum Gasteiger partial charge on any atom is -0.314 e. The smallest absolute Gasteiger partial charge is 0.0178 e. The molecular formula is C18H26BrN. The summed E-state index contributed by atoms with van der Waals surface area (Å²) < 4.78 is 1.21. The van der Waals surface area contributed by atoms with Gasteiger partial charge in [0.25, 0.3) is 0 Å². The third kappa shape index (κ3) is 2.69. The van der Waals surface area contributed by atoms with Crippen molar-refractivity contribution in [3.63, 3.8) is 0 Å². The summed E-state index contributed by atoms with van der Waals surface area (Å²) >= 11 is 3.64. The van der Waals surface area contributed by atoms with E-state index < -0.39 is 0 Å². The molecular weight excluding hydrogens is 310 g/mol. The van der Waals surface area contributed by atoms with Crippen LogP contribution in [0.2, 0.25) is 0 Å². The lowest BCUT2D eigenvalue weighted by Gasteiger charge is -2.56. The maximum atomic E-state index is 3.70. The van der Waals surface area contributed by atoms with Crippen LogP contribution in [0.3, 0.4) is 0 Å². The largest absolute Gasteiger partial charge is 0.314 e. The minimum absolute atomic E-state index is 0.373. The van der Waals surface area contributed by atoms with Gasteiger partial charge in [0.05, 0.1) is 0 Å². The summed E-state index contributed by atoms with van der Waals surface area (Å²) in [4.78, 5) is 0. The average molecular weight is 336 g/mol. The van der Waals surface area contributed by atoms with Crippen molar-refractivity contribution >= 4 is 15.9 Å². The summed E-state index contributed by atoms with van der Waals surface area (Å²) in [6.45, 7) is 5.63. The molecule has 2 heteroatoms. The van der Waals surface area contributed by atoms with Gasteiger partial charge in [-0.05, 0) is 48.8 Å². The lowest BCUT2D eigenvalue weighted by Crippen LogP contribution is -2.54. The van der Waals surface area contributed by atoms with Crippen molar-refractivity contribution < 1.29 is 0 Å². The van der Waals surface area contributed by atoms with Gasteiger partial charge in [-0.3, -0.25) is 0 Å². The second-order valence-electron chi connectivity index (χ2n) is 7.39. The zero-order valence-electron chi connectivity index (χ0n) is 12.7. The molecule has 0 saturated heterocycles. The van der Waals surface area contributed by atoms with Crippen LogP contribution in [0.1, 0.15) is 57.9 Å². The van der Waals surface area contributed by atoms with E-state index in [9.17, 15) is 0 Å². The summed E-state index contributed by atoms with van der Waals surface area (Å²) in [5.41, 5.74) is 2.58. The Morgan fingerprint density at radius 1 is 1.20 bits per heavy atom. The molecule has 2 fully saturated rings. The van der Waals surface area contributed by atoms with E-state index in [1.165, 1.54) is 48.6 Å². The number of halogens is 1. The first-order chi connectivity index (χ1) is 9.54. The lowest BCUT2D eigenvalue weighted by molar-refractivity contribution is 0.0257. The Labute approximate surface area is 131 Å². The summed E-state index contributed by atoms with van der Waals surface area (Å²) in [5.74, 6) is 0. The van der Waals surface area contributed by atoms with Crippen LogP contribution in [0.25, 0.3) is 0 Å². The Kier molecular flexibility index (Phi) is 3.98. The van der Waals surface area contributed by atoms with Gasteiger partial charge in [0.2, 0.25) is 0 Å². The monoisotopic (exact) mass is 335 g/mol. The molecule has 2 aliphatic rings. The van der Waals surface area contributed by atoms with Crippen molar-refractivity contribution in [1.82, 2.24) is 5.32 Å². The third-order valence-corrected chi connectivity index (χ3v) is 5.87. The van der Waals surface area contributed by atoms with Crippen molar-refractivity contribution in [3.05, 3.63) is 34.3 Å². The van der Waals surface area contributed by atoms with E-state index >= 15 is 0 Å². The Hall–Kier alpha value is -0.340. The Bertz CT molecular complexity index is 466. The molecule has 0 unspecified atom stereocenters. The number of rotatable bonds is 4. The van der Waals surface area contributed by atoms with Crippen molar-refractivity contribution in [1.29, 1.82) is 0 Å². The van der Waals surface area contributed by atoms with Crippen LogP contribution in [0.4, 0.5) is 0 Å². The van der Waals surface area contributed by atoms with Gasteiger partial charge in [0.15, 0.2) is 0 Å². The lowest BCUT2D eigenvalue weighted by atomic mass is 9.49. The van der Waals surface area contributed by atoms with Crippen LogP contribution in [0.5, 0.6) is 0 Å². The van der Waals surface area contributed by atoms with E-state index in [4.69, 9.17) is 0 Å². The number of hydrogen-bond donors (Lipinski definition) is 1. The topological polar surface area (TPSA) is 12.0 Å². The zero-order chi connectivity index (χ0) is 14.2. The van der Waals surface area contributed by atoms with E-state index in [2.05, 4.69) is 59.4 Å². The molecule has 1 N–H and O–H groups in total. The first-order valence-electron chi connectivity index (χ1n) is 8.03. The van der Waals surface area contributed by atoms with Gasteiger partial charge in [0, 0.05) is 22.5 Å². The fourth-order valence-corrected chi connectivity index (χ4v) is 4.91. The van der Waals surface area contributed by atoms with Crippen LogP contribution >= 0.6 is 15.9 Å². The molecule has 2 aliphatic carbocycles. The van der Waals surface area contributed by atoms with Gasteiger partial charge in [0.1, 0.15) is 0 Å². The molecule has 0 heterocycles. The highest BCUT2D eigenvalue weighted by Gasteiger charge is 2.55. The number of nitrogens with one attached hydrogen (secondary N) is 1. The Morgan fingerprint density at radius 3 is 2.50 bits per heavy atom. The minimum atomic E-state index is 0.373. The van der Waals surface area contributed by atoms with Crippen molar-refractivity contribution in [2.45, 2.75) is 63.8 Å². The molecule has 1 aromatic rings. The summed E-state index contributed by atoms with van der Waals surface area (Å²) in [7, 11) is 0. The maximum Gasteiger partial charge on any atom is 0.0178 e. The SMILES string of the molecule is CC(C)NCC1(c2cccc(Br)c2)CC2(CCCC2)C1. The number of hydrogen-bond acceptors (Lipinski definition) is 1. The van der Waals surface area contributed by atoms with E-state index in [0.29, 0.717) is 16.9 Å². The van der Waals surface area contributed by atoms with Crippen molar-refractivity contribution in [2.75, 3.05) is 6.54 Å². The Balaban J connectivity index is 1.82. The fourth-order valence-electron chi connectivity index (χ4n) is 4.51. The molecule has 0 aromatic heterocycles. The van der Waals surface area contributed by atoms with Crippen LogP contribution in [0, 0.1) is 5.41 Å². The van der Waals surface area contributed by atoms with Gasteiger partial charge in [-0.2, -0.15) is 0 Å². The van der Waals surface area contributed by atoms with Crippen molar-refractivity contribution in [2.24, 2.45) is 5.41 Å². The second-order valence-corrected chi connectivity index (χ2v) is 8.30. The molecule has 2 saturated carbocycles. The highest BCUT2D eigenvalue weighted by molar-refractivity contribution is 9.10. The predicted molar refractivity (Wildman–Crippen MR) is 89.1 cm³/mol. The zero-order valence-corrected chi connectivity index (χ0v) is 14.3. The first-order valence-corrected chi connectivity index (χ1v) is 8.83. The van der Waals surface area contributed by atoms with Gasteiger partial charge >= 0.3 is 0 Å². The van der Waals surface area contributed by atoms with Crippen LogP contribution < -0.4 is 5.32 Å². The van der Waals surface area contributed by atoms with E-state index in [0.717, 1.165) is 6.54 Å². The molecule has 1 spiro atoms. The molecule has 0 atom stereocenters. The second kappa shape index (κ2) is 5.46. The summed E-state index contributed by atoms with van der Waals surface area (Å²) in [6, 6.07) is 9.56. The average Bonchev–Trinajstić information content (AvgIpc) is 2.83. The van der Waals surface area contributed by atoms with E-state index in [1.807, 2.05) is 0 Å². The van der Waals surface area contributed by atoms with Gasteiger partial charge in [-0.25, -0.2) is 0 Å². The molecule has 0 aliphatic heterocycles. The standard InChI is InChI=1S/C18H26BrN/c1-14(2)20-13-18(15-6-5-7-16(19)10-15)11-17(12-18)8-3-4-9-17/h5-7,10,14,20H,3-4,8-9,11-13H2,1-2H3. The van der Waals surface area contributed by atoms with Gasteiger partial charge < -0.3 is 5.32 Å². The molecule has 0 bridgehead atoms. The van der Waals surface area contributed by atoms with Crippen LogP contribution in [-0.2, 0) is 5.41 Å². The van der Waals surface area contributed by atoms with Crippen LogP contribution in [-0.4, -0.2) is 12.6 Å². The molecule has 3 rings (SSSR count). The van der Waals surface area contributed by atoms with Crippen molar-refractivity contribution in [3.8, 4) is 0 Å². The van der Waals surface area contributed by atoms with E-state index in [1.54, 1.807) is 0 Å². The molecule has 20 heavy (non-hydrogen) atoms. The quantitative estimate of drug-likeness (QED) is 0.812. The highest BCUT2D eigenvalue weighted by atomic mass is 79.9. The van der Waals surface area contributed by atoms with Crippen LogP contribution in [0.15, 0.2) is 28.7 Å². The first kappa shape index (κ1) is 14.6. The third-order valence-electron chi connectivity index (χ3n) is 5.38. The normalized spacial score (nSPS) is 23.2. The molecule has 1 aromatic carbocycles. The number of benzene rings is 1. The molecule has 1 nitrogen and oxygen atoms in total. The summed E-state index contributed by atoms with van der Waals surface area (Å²) in [5, 5.41) is 3.70. The summed E-state index contributed by atoms with van der Waals surface area (Å²) in [6.07, 6.45) is 8.60. The maximum absolute atomic E-state index is 3.70. The molecule has 0 radical (unpaired) electrons. The van der Waals surface area contributed by atoms with E-state index in [-0.39, 0.29) is 0 Å². The predicted octanol–water partition coefficient (Wildman–Crippen LogP) is 5.04. The van der Waals surface area contributed by atoms with Gasteiger partial charge in [-0.15, -0.1) is 0 Å². The highest BCUT2D eigenvalue weighted by Crippen LogP contribution is 2.62. The molecule has 110 valence electrons.